The Balaban J connectivity index is 2.80. The van der Waals surface area contributed by atoms with E-state index in [1.165, 1.54) is 12.1 Å². The molecule has 0 aliphatic carbocycles. The van der Waals surface area contributed by atoms with Crippen molar-refractivity contribution in [1.82, 2.24) is 5.32 Å². The molecule has 0 aromatic heterocycles. The highest BCUT2D eigenvalue weighted by Gasteiger charge is 2.07. The Morgan fingerprint density at radius 2 is 2.12 bits per heavy atom. The highest BCUT2D eigenvalue weighted by Crippen LogP contribution is 2.09. The number of benzene rings is 1. The van der Waals surface area contributed by atoms with Crippen LogP contribution in [-0.4, -0.2) is 14.3 Å². The Morgan fingerprint density at radius 3 is 2.69 bits per heavy atom. The SMILES string of the molecule is CCC(=O)NCc1cccc(S(N)(=O)=O)c1. The molecule has 0 fully saturated rings. The van der Waals surface area contributed by atoms with Gasteiger partial charge in [0.25, 0.3) is 0 Å². The summed E-state index contributed by atoms with van der Waals surface area (Å²) in [5.41, 5.74) is 0.702. The van der Waals surface area contributed by atoms with Gasteiger partial charge in [-0.15, -0.1) is 0 Å². The number of hydrogen-bond donors (Lipinski definition) is 2. The van der Waals surface area contributed by atoms with E-state index < -0.39 is 10.0 Å². The first-order valence-electron chi connectivity index (χ1n) is 4.82. The zero-order chi connectivity index (χ0) is 12.2. The number of nitrogens with one attached hydrogen (secondary N) is 1. The Bertz CT molecular complexity index is 483. The van der Waals surface area contributed by atoms with Crippen LogP contribution in [0.4, 0.5) is 0 Å². The van der Waals surface area contributed by atoms with E-state index in [-0.39, 0.29) is 10.8 Å². The predicted octanol–water partition coefficient (Wildman–Crippen LogP) is 0.360. The summed E-state index contributed by atoms with van der Waals surface area (Å²) in [5, 5.41) is 7.65. The molecule has 1 rings (SSSR count). The summed E-state index contributed by atoms with van der Waals surface area (Å²) >= 11 is 0. The van der Waals surface area contributed by atoms with Crippen molar-refractivity contribution in [3.05, 3.63) is 29.8 Å². The van der Waals surface area contributed by atoms with Crippen molar-refractivity contribution < 1.29 is 13.2 Å². The minimum absolute atomic E-state index is 0.0516. The van der Waals surface area contributed by atoms with Gasteiger partial charge in [-0.25, -0.2) is 13.6 Å². The molecule has 88 valence electrons. The maximum Gasteiger partial charge on any atom is 0.238 e. The van der Waals surface area contributed by atoms with Crippen molar-refractivity contribution in [3.63, 3.8) is 0 Å². The molecule has 0 spiro atoms. The Kier molecular flexibility index (Phi) is 4.03. The molecule has 0 heterocycles. The normalized spacial score (nSPS) is 11.1. The zero-order valence-electron chi connectivity index (χ0n) is 8.93. The van der Waals surface area contributed by atoms with Crippen molar-refractivity contribution in [1.29, 1.82) is 0 Å². The van der Waals surface area contributed by atoms with E-state index in [0.29, 0.717) is 18.5 Å². The van der Waals surface area contributed by atoms with Crippen LogP contribution in [0, 0.1) is 0 Å². The largest absolute Gasteiger partial charge is 0.352 e. The highest BCUT2D eigenvalue weighted by molar-refractivity contribution is 7.89. The number of hydrogen-bond acceptors (Lipinski definition) is 3. The highest BCUT2D eigenvalue weighted by atomic mass is 32.2. The van der Waals surface area contributed by atoms with Crippen LogP contribution in [0.5, 0.6) is 0 Å². The molecule has 16 heavy (non-hydrogen) atoms. The van der Waals surface area contributed by atoms with Gasteiger partial charge in [0.05, 0.1) is 4.90 Å². The van der Waals surface area contributed by atoms with Gasteiger partial charge in [0.1, 0.15) is 0 Å². The fourth-order valence-electron chi connectivity index (χ4n) is 1.16. The molecule has 0 unspecified atom stereocenters. The number of carbonyl (C=O) groups excluding carboxylic acids is 1. The van der Waals surface area contributed by atoms with Crippen molar-refractivity contribution in [2.75, 3.05) is 0 Å². The van der Waals surface area contributed by atoms with Crippen LogP contribution in [0.3, 0.4) is 0 Å². The van der Waals surface area contributed by atoms with Gasteiger partial charge in [0.2, 0.25) is 15.9 Å². The van der Waals surface area contributed by atoms with Crippen LogP contribution < -0.4 is 10.5 Å². The maximum atomic E-state index is 11.1. The van der Waals surface area contributed by atoms with Crippen LogP contribution in [0.25, 0.3) is 0 Å². The van der Waals surface area contributed by atoms with Gasteiger partial charge >= 0.3 is 0 Å². The second kappa shape index (κ2) is 5.09. The second-order valence-corrected chi connectivity index (χ2v) is 4.88. The number of nitrogens with two attached hydrogens (primary N) is 1. The van der Waals surface area contributed by atoms with E-state index in [4.69, 9.17) is 5.14 Å². The first-order valence-corrected chi connectivity index (χ1v) is 6.36. The van der Waals surface area contributed by atoms with Gasteiger partial charge in [-0.2, -0.15) is 0 Å². The van der Waals surface area contributed by atoms with Crippen LogP contribution in [0.1, 0.15) is 18.9 Å². The summed E-state index contributed by atoms with van der Waals surface area (Å²) in [6, 6.07) is 6.18. The lowest BCUT2D eigenvalue weighted by Crippen LogP contribution is -2.21. The molecule has 0 aliphatic heterocycles. The molecule has 0 bridgehead atoms. The predicted molar refractivity (Wildman–Crippen MR) is 60.0 cm³/mol. The lowest BCUT2D eigenvalue weighted by atomic mass is 10.2. The Labute approximate surface area is 94.7 Å². The summed E-state index contributed by atoms with van der Waals surface area (Å²) in [7, 11) is -3.68. The van der Waals surface area contributed by atoms with Crippen molar-refractivity contribution in [2.24, 2.45) is 5.14 Å². The molecule has 5 nitrogen and oxygen atoms in total. The fourth-order valence-corrected chi connectivity index (χ4v) is 1.74. The average Bonchev–Trinajstić information content (AvgIpc) is 2.25. The third-order valence-corrected chi connectivity index (χ3v) is 2.95. The maximum absolute atomic E-state index is 11.1. The van der Waals surface area contributed by atoms with Crippen LogP contribution >= 0.6 is 0 Å². The molecule has 0 aliphatic rings. The summed E-state index contributed by atoms with van der Waals surface area (Å²) < 4.78 is 22.1. The first-order chi connectivity index (χ1) is 7.43. The molecule has 1 aromatic carbocycles. The van der Waals surface area contributed by atoms with Gasteiger partial charge in [-0.3, -0.25) is 4.79 Å². The Hall–Kier alpha value is -1.40. The summed E-state index contributed by atoms with van der Waals surface area (Å²) in [6.07, 6.45) is 0.398. The fraction of sp³-hybridized carbons (Fsp3) is 0.300. The second-order valence-electron chi connectivity index (χ2n) is 3.32. The first kappa shape index (κ1) is 12.7. The van der Waals surface area contributed by atoms with E-state index in [1.54, 1.807) is 19.1 Å². The molecule has 0 radical (unpaired) electrons. The smallest absolute Gasteiger partial charge is 0.238 e. The molecule has 0 saturated heterocycles. The lowest BCUT2D eigenvalue weighted by Gasteiger charge is -2.05. The minimum Gasteiger partial charge on any atom is -0.352 e. The average molecular weight is 242 g/mol. The van der Waals surface area contributed by atoms with E-state index in [1.807, 2.05) is 0 Å². The molecule has 6 heteroatoms. The Morgan fingerprint density at radius 1 is 1.44 bits per heavy atom. The van der Waals surface area contributed by atoms with Crippen molar-refractivity contribution in [2.45, 2.75) is 24.8 Å². The summed E-state index contributed by atoms with van der Waals surface area (Å²) in [5.74, 6) is -0.0824. The quantitative estimate of drug-likeness (QED) is 0.798. The minimum atomic E-state index is -3.68. The van der Waals surface area contributed by atoms with Crippen molar-refractivity contribution >= 4 is 15.9 Å². The monoisotopic (exact) mass is 242 g/mol. The third kappa shape index (κ3) is 3.63. The van der Waals surface area contributed by atoms with E-state index in [9.17, 15) is 13.2 Å². The third-order valence-electron chi connectivity index (χ3n) is 2.04. The number of sulfonamides is 1. The van der Waals surface area contributed by atoms with Crippen molar-refractivity contribution in [3.8, 4) is 0 Å². The molecule has 3 N–H and O–H groups in total. The summed E-state index contributed by atoms with van der Waals surface area (Å²) in [6.45, 7) is 2.05. The zero-order valence-corrected chi connectivity index (χ0v) is 9.75. The van der Waals surface area contributed by atoms with Gasteiger partial charge < -0.3 is 5.32 Å². The lowest BCUT2D eigenvalue weighted by molar-refractivity contribution is -0.120. The summed E-state index contributed by atoms with van der Waals surface area (Å²) in [4.78, 5) is 11.1. The van der Waals surface area contributed by atoms with Gasteiger partial charge in [0.15, 0.2) is 0 Å². The molecular formula is C10H14N2O3S. The van der Waals surface area contributed by atoms with Crippen LogP contribution in [0.15, 0.2) is 29.2 Å². The molecule has 1 aromatic rings. The van der Waals surface area contributed by atoms with Gasteiger partial charge in [-0.05, 0) is 17.7 Å². The molecule has 0 saturated carbocycles. The molecule has 0 atom stereocenters. The van der Waals surface area contributed by atoms with E-state index in [2.05, 4.69) is 5.32 Å². The van der Waals surface area contributed by atoms with E-state index in [0.717, 1.165) is 0 Å². The number of primary sulfonamides is 1. The number of rotatable bonds is 4. The molecule has 1 amide bonds. The molecular weight excluding hydrogens is 228 g/mol. The van der Waals surface area contributed by atoms with Gasteiger partial charge in [-0.1, -0.05) is 19.1 Å². The standard InChI is InChI=1S/C10H14N2O3S/c1-2-10(13)12-7-8-4-3-5-9(6-8)16(11,14)15/h3-6H,2,7H2,1H3,(H,12,13)(H2,11,14,15). The number of carbonyl (C=O) groups is 1. The van der Waals surface area contributed by atoms with Crippen LogP contribution in [0.2, 0.25) is 0 Å². The van der Waals surface area contributed by atoms with Gasteiger partial charge in [0, 0.05) is 13.0 Å². The van der Waals surface area contributed by atoms with E-state index >= 15 is 0 Å². The number of amides is 1. The topological polar surface area (TPSA) is 89.3 Å². The van der Waals surface area contributed by atoms with Crippen LogP contribution in [-0.2, 0) is 21.4 Å².